The smallest absolute Gasteiger partial charge is 0.317 e. The Morgan fingerprint density at radius 3 is 2.83 bits per heavy atom. The number of rotatable bonds is 6. The van der Waals surface area contributed by atoms with Crippen molar-refractivity contribution in [3.8, 4) is 0 Å². The summed E-state index contributed by atoms with van der Waals surface area (Å²) in [7, 11) is 3.77. The molecule has 1 unspecified atom stereocenters. The van der Waals surface area contributed by atoms with Crippen LogP contribution in [0.1, 0.15) is 28.5 Å². The van der Waals surface area contributed by atoms with E-state index in [2.05, 4.69) is 15.3 Å². The minimum Gasteiger partial charge on any atom is -0.337 e. The van der Waals surface area contributed by atoms with Gasteiger partial charge in [-0.05, 0) is 20.8 Å². The summed E-state index contributed by atoms with van der Waals surface area (Å²) in [5.74, 6) is 0.785. The summed E-state index contributed by atoms with van der Waals surface area (Å²) in [6.07, 6.45) is 3.68. The topological polar surface area (TPSA) is 63.1 Å². The molecule has 0 saturated carbocycles. The highest BCUT2D eigenvalue weighted by Crippen LogP contribution is 2.25. The largest absolute Gasteiger partial charge is 0.337 e. The summed E-state index contributed by atoms with van der Waals surface area (Å²) in [6.45, 7) is 6.64. The quantitative estimate of drug-likeness (QED) is 0.640. The molecule has 2 amide bonds. The lowest BCUT2D eigenvalue weighted by Crippen LogP contribution is -2.40. The van der Waals surface area contributed by atoms with E-state index >= 15 is 0 Å². The average Bonchev–Trinajstić information content (AvgIpc) is 3.07. The van der Waals surface area contributed by atoms with Crippen LogP contribution < -0.4 is 5.32 Å². The Kier molecular flexibility index (Phi) is 6.06. The van der Waals surface area contributed by atoms with Crippen molar-refractivity contribution in [2.75, 3.05) is 19.3 Å². The molecule has 0 fully saturated rings. The van der Waals surface area contributed by atoms with Crippen LogP contribution >= 0.6 is 23.1 Å². The molecule has 0 aliphatic heterocycles. The summed E-state index contributed by atoms with van der Waals surface area (Å²) >= 11 is 3.29. The van der Waals surface area contributed by atoms with Crippen LogP contribution in [-0.4, -0.2) is 44.8 Å². The molecular weight excluding hydrogens is 330 g/mol. The first-order chi connectivity index (χ1) is 10.9. The molecule has 0 bridgehead atoms. The van der Waals surface area contributed by atoms with E-state index in [1.807, 2.05) is 38.6 Å². The maximum atomic E-state index is 12.3. The number of aromatic nitrogens is 3. The van der Waals surface area contributed by atoms with Gasteiger partial charge in [0.05, 0.1) is 16.7 Å². The Bertz CT molecular complexity index is 667. The third-order valence-electron chi connectivity index (χ3n) is 3.62. The molecule has 1 atom stereocenters. The third kappa shape index (κ3) is 4.48. The van der Waals surface area contributed by atoms with E-state index in [-0.39, 0.29) is 12.1 Å². The number of carbonyl (C=O) groups excluding carboxylic acids is 1. The number of amides is 2. The second kappa shape index (κ2) is 7.83. The van der Waals surface area contributed by atoms with Gasteiger partial charge < -0.3 is 14.8 Å². The van der Waals surface area contributed by atoms with Gasteiger partial charge in [0.1, 0.15) is 0 Å². The first-order valence-electron chi connectivity index (χ1n) is 7.45. The molecule has 23 heavy (non-hydrogen) atoms. The molecule has 0 aromatic carbocycles. The Labute approximate surface area is 145 Å². The van der Waals surface area contributed by atoms with Crippen LogP contribution in [0.2, 0.25) is 0 Å². The van der Waals surface area contributed by atoms with Gasteiger partial charge in [-0.3, -0.25) is 0 Å². The zero-order chi connectivity index (χ0) is 17.0. The zero-order valence-electron chi connectivity index (χ0n) is 14.2. The lowest BCUT2D eigenvalue weighted by Gasteiger charge is -2.24. The predicted molar refractivity (Wildman–Crippen MR) is 95.1 cm³/mol. The third-order valence-corrected chi connectivity index (χ3v) is 5.58. The molecule has 0 aliphatic rings. The molecule has 2 aromatic heterocycles. The lowest BCUT2D eigenvalue weighted by molar-refractivity contribution is 0.194. The molecule has 0 radical (unpaired) electrons. The number of urea groups is 1. The fraction of sp³-hybridized carbons (Fsp3) is 0.533. The highest BCUT2D eigenvalue weighted by molar-refractivity contribution is 7.99. The van der Waals surface area contributed by atoms with Gasteiger partial charge in [-0.1, -0.05) is 11.8 Å². The van der Waals surface area contributed by atoms with Gasteiger partial charge in [0.25, 0.3) is 0 Å². The monoisotopic (exact) mass is 353 g/mol. The van der Waals surface area contributed by atoms with E-state index in [1.165, 1.54) is 4.88 Å². The van der Waals surface area contributed by atoms with E-state index in [1.54, 1.807) is 41.2 Å². The Morgan fingerprint density at radius 1 is 1.52 bits per heavy atom. The van der Waals surface area contributed by atoms with Crippen LogP contribution in [0.15, 0.2) is 17.6 Å². The van der Waals surface area contributed by atoms with Crippen molar-refractivity contribution in [3.63, 3.8) is 0 Å². The number of hydrogen-bond acceptors (Lipinski definition) is 5. The van der Waals surface area contributed by atoms with E-state index < -0.39 is 0 Å². The maximum Gasteiger partial charge on any atom is 0.317 e. The number of nitrogens with zero attached hydrogens (tertiary/aromatic N) is 4. The van der Waals surface area contributed by atoms with Crippen molar-refractivity contribution < 1.29 is 4.79 Å². The Balaban J connectivity index is 1.80. The molecule has 0 aliphatic carbocycles. The van der Waals surface area contributed by atoms with Gasteiger partial charge in [0, 0.05) is 43.7 Å². The predicted octanol–water partition coefficient (Wildman–Crippen LogP) is 2.99. The average molecular weight is 354 g/mol. The van der Waals surface area contributed by atoms with Crippen molar-refractivity contribution in [1.82, 2.24) is 24.8 Å². The summed E-state index contributed by atoms with van der Waals surface area (Å²) in [6, 6.07) is -0.120. The van der Waals surface area contributed by atoms with Gasteiger partial charge in [-0.25, -0.2) is 14.8 Å². The highest BCUT2D eigenvalue weighted by atomic mass is 32.2. The van der Waals surface area contributed by atoms with Crippen molar-refractivity contribution in [3.05, 3.63) is 28.0 Å². The number of imidazole rings is 1. The Hall–Kier alpha value is -1.54. The van der Waals surface area contributed by atoms with Gasteiger partial charge in [0.2, 0.25) is 0 Å². The standard InChI is InChI=1S/C15H23N5OS2/c1-10(13-11(2)23-12(3)18-13)20(5)14(21)16-7-9-22-15-17-6-8-19(15)4/h6,8,10H,7,9H2,1-5H3,(H,16,21). The normalized spacial score (nSPS) is 12.2. The van der Waals surface area contributed by atoms with E-state index in [0.717, 1.165) is 21.6 Å². The molecule has 6 nitrogen and oxygen atoms in total. The molecular formula is C15H23N5OS2. The molecule has 2 aromatic rings. The van der Waals surface area contributed by atoms with Gasteiger partial charge in [-0.15, -0.1) is 11.3 Å². The number of aryl methyl sites for hydroxylation is 3. The second-order valence-electron chi connectivity index (χ2n) is 5.36. The molecule has 0 saturated heterocycles. The van der Waals surface area contributed by atoms with E-state index in [9.17, 15) is 4.79 Å². The lowest BCUT2D eigenvalue weighted by atomic mass is 10.2. The number of hydrogen-bond donors (Lipinski definition) is 1. The van der Waals surface area contributed by atoms with Crippen LogP contribution in [0, 0.1) is 13.8 Å². The first kappa shape index (κ1) is 17.8. The minimum absolute atomic E-state index is 0.0397. The molecule has 126 valence electrons. The molecule has 1 N–H and O–H groups in total. The number of thioether (sulfide) groups is 1. The van der Waals surface area contributed by atoms with Gasteiger partial charge in [-0.2, -0.15) is 0 Å². The van der Waals surface area contributed by atoms with Crippen molar-refractivity contribution in [2.45, 2.75) is 32.0 Å². The van der Waals surface area contributed by atoms with Crippen LogP contribution in [0.4, 0.5) is 4.79 Å². The summed E-state index contributed by atoms with van der Waals surface area (Å²) in [5, 5.41) is 4.93. The molecule has 0 spiro atoms. The van der Waals surface area contributed by atoms with Crippen molar-refractivity contribution in [2.24, 2.45) is 7.05 Å². The van der Waals surface area contributed by atoms with Crippen molar-refractivity contribution >= 4 is 29.1 Å². The van der Waals surface area contributed by atoms with Crippen LogP contribution in [0.5, 0.6) is 0 Å². The van der Waals surface area contributed by atoms with Crippen LogP contribution in [0.25, 0.3) is 0 Å². The number of carbonyl (C=O) groups is 1. The number of nitrogens with one attached hydrogen (secondary N) is 1. The van der Waals surface area contributed by atoms with Crippen molar-refractivity contribution in [1.29, 1.82) is 0 Å². The second-order valence-corrected chi connectivity index (χ2v) is 7.83. The Morgan fingerprint density at radius 2 is 2.26 bits per heavy atom. The van der Waals surface area contributed by atoms with Crippen LogP contribution in [0.3, 0.4) is 0 Å². The molecule has 8 heteroatoms. The zero-order valence-corrected chi connectivity index (χ0v) is 15.8. The maximum absolute atomic E-state index is 12.3. The van der Waals surface area contributed by atoms with E-state index in [0.29, 0.717) is 6.54 Å². The molecule has 2 heterocycles. The number of thiazole rings is 1. The summed E-state index contributed by atoms with van der Waals surface area (Å²) in [5.41, 5.74) is 0.979. The fourth-order valence-corrected chi connectivity index (χ4v) is 3.90. The van der Waals surface area contributed by atoms with Crippen LogP contribution in [-0.2, 0) is 7.05 Å². The highest BCUT2D eigenvalue weighted by Gasteiger charge is 2.21. The first-order valence-corrected chi connectivity index (χ1v) is 9.25. The van der Waals surface area contributed by atoms with E-state index in [4.69, 9.17) is 0 Å². The SMILES string of the molecule is Cc1nc(C(C)N(C)C(=O)NCCSc2nccn2C)c(C)s1. The van der Waals surface area contributed by atoms with Gasteiger partial charge >= 0.3 is 6.03 Å². The fourth-order valence-electron chi connectivity index (χ4n) is 2.21. The summed E-state index contributed by atoms with van der Waals surface area (Å²) in [4.78, 5) is 23.9. The minimum atomic E-state index is -0.0806. The van der Waals surface area contributed by atoms with Gasteiger partial charge in [0.15, 0.2) is 5.16 Å². The molecule has 2 rings (SSSR count). The summed E-state index contributed by atoms with van der Waals surface area (Å²) < 4.78 is 1.97.